The maximum atomic E-state index is 13.2. The van der Waals surface area contributed by atoms with E-state index < -0.39 is 18.2 Å². The van der Waals surface area contributed by atoms with Crippen LogP contribution in [0.1, 0.15) is 26.3 Å². The molecule has 116 valence electrons. The summed E-state index contributed by atoms with van der Waals surface area (Å²) in [7, 11) is 0. The summed E-state index contributed by atoms with van der Waals surface area (Å²) in [6, 6.07) is 5.54. The van der Waals surface area contributed by atoms with E-state index in [1.54, 1.807) is 13.0 Å². The highest BCUT2D eigenvalue weighted by molar-refractivity contribution is 5.91. The fourth-order valence-electron chi connectivity index (χ4n) is 1.57. The number of benzene rings is 1. The second-order valence-corrected chi connectivity index (χ2v) is 4.77. The van der Waals surface area contributed by atoms with Gasteiger partial charge in [-0.3, -0.25) is 4.79 Å². The van der Waals surface area contributed by atoms with E-state index >= 15 is 0 Å². The Labute approximate surface area is 121 Å². The molecule has 1 aromatic carbocycles. The zero-order valence-corrected chi connectivity index (χ0v) is 12.1. The fraction of sp³-hybridized carbons (Fsp3) is 0.357. The Kier molecular flexibility index (Phi) is 5.26. The lowest BCUT2D eigenvalue weighted by Gasteiger charge is -2.19. The molecule has 7 heteroatoms. The molecule has 1 amide bonds. The number of halogens is 2. The first-order valence-electron chi connectivity index (χ1n) is 6.28. The van der Waals surface area contributed by atoms with Crippen molar-refractivity contribution in [2.75, 3.05) is 5.32 Å². The maximum absolute atomic E-state index is 13.2. The van der Waals surface area contributed by atoms with Crippen molar-refractivity contribution in [3.63, 3.8) is 0 Å². The highest BCUT2D eigenvalue weighted by Crippen LogP contribution is 2.28. The molecule has 0 saturated heterocycles. The van der Waals surface area contributed by atoms with Crippen molar-refractivity contribution in [3.05, 3.63) is 41.1 Å². The first kappa shape index (κ1) is 16.9. The Morgan fingerprint density at radius 2 is 2.00 bits per heavy atom. The van der Waals surface area contributed by atoms with Crippen LogP contribution in [0.5, 0.6) is 0 Å². The van der Waals surface area contributed by atoms with E-state index in [9.17, 15) is 18.7 Å². The molecular weight excluding hydrogens is 280 g/mol. The van der Waals surface area contributed by atoms with Crippen molar-refractivity contribution < 1.29 is 18.7 Å². The van der Waals surface area contributed by atoms with Gasteiger partial charge in [0.15, 0.2) is 0 Å². The minimum atomic E-state index is -2.96. The van der Waals surface area contributed by atoms with Gasteiger partial charge in [0.25, 0.3) is 5.92 Å². The van der Waals surface area contributed by atoms with E-state index in [-0.39, 0.29) is 11.1 Å². The molecule has 0 aliphatic carbocycles. The normalized spacial score (nSPS) is 14.2. The number of rotatable bonds is 6. The summed E-state index contributed by atoms with van der Waals surface area (Å²) in [5, 5.41) is 15.0. The molecule has 1 atom stereocenters. The number of carbonyl (C=O) groups excluding carboxylic acids is 1. The van der Waals surface area contributed by atoms with E-state index in [0.717, 1.165) is 6.92 Å². The second kappa shape index (κ2) is 6.53. The van der Waals surface area contributed by atoms with Crippen LogP contribution in [0.4, 0.5) is 14.5 Å². The van der Waals surface area contributed by atoms with Gasteiger partial charge in [0.05, 0.1) is 0 Å². The molecule has 0 fully saturated rings. The Morgan fingerprint density at radius 3 is 2.52 bits per heavy atom. The number of hydrogen-bond acceptors (Lipinski definition) is 4. The SMILES string of the molecule is C/C(NC(O)Nc1cccc(C(C)(F)F)c1)=C(\C)C(N)=O. The number of amides is 1. The summed E-state index contributed by atoms with van der Waals surface area (Å²) in [6.07, 6.45) is -1.25. The van der Waals surface area contributed by atoms with Gasteiger partial charge in [-0.25, -0.2) is 8.78 Å². The van der Waals surface area contributed by atoms with Crippen LogP contribution >= 0.6 is 0 Å². The van der Waals surface area contributed by atoms with E-state index in [2.05, 4.69) is 10.6 Å². The lowest BCUT2D eigenvalue weighted by atomic mass is 10.1. The minimum absolute atomic E-state index is 0.166. The number of alkyl halides is 2. The van der Waals surface area contributed by atoms with Gasteiger partial charge in [0, 0.05) is 29.4 Å². The fourth-order valence-corrected chi connectivity index (χ4v) is 1.57. The van der Waals surface area contributed by atoms with Gasteiger partial charge < -0.3 is 21.5 Å². The highest BCUT2D eigenvalue weighted by Gasteiger charge is 2.24. The summed E-state index contributed by atoms with van der Waals surface area (Å²) in [6.45, 7) is 3.88. The molecule has 1 rings (SSSR count). The molecule has 0 radical (unpaired) electrons. The van der Waals surface area contributed by atoms with E-state index in [0.29, 0.717) is 11.4 Å². The third kappa shape index (κ3) is 5.03. The third-order valence-corrected chi connectivity index (χ3v) is 2.96. The topological polar surface area (TPSA) is 87.4 Å². The van der Waals surface area contributed by atoms with Crippen molar-refractivity contribution in [2.24, 2.45) is 5.73 Å². The van der Waals surface area contributed by atoms with Gasteiger partial charge in [-0.15, -0.1) is 0 Å². The first-order chi connectivity index (χ1) is 9.61. The van der Waals surface area contributed by atoms with Gasteiger partial charge in [0.1, 0.15) is 0 Å². The zero-order chi connectivity index (χ0) is 16.2. The monoisotopic (exact) mass is 299 g/mol. The predicted octanol–water partition coefficient (Wildman–Crippen LogP) is 1.85. The summed E-state index contributed by atoms with van der Waals surface area (Å²) in [5.74, 6) is -3.58. The number of primary amides is 1. The number of aliphatic hydroxyl groups excluding tert-OH is 1. The summed E-state index contributed by atoms with van der Waals surface area (Å²) >= 11 is 0. The quantitative estimate of drug-likeness (QED) is 0.477. The number of nitrogens with two attached hydrogens (primary N) is 1. The molecular formula is C14H19F2N3O2. The first-order valence-corrected chi connectivity index (χ1v) is 6.28. The molecule has 0 spiro atoms. The van der Waals surface area contributed by atoms with Crippen LogP contribution in [0.2, 0.25) is 0 Å². The smallest absolute Gasteiger partial charge is 0.270 e. The summed E-state index contributed by atoms with van der Waals surface area (Å²) in [5.41, 5.74) is 5.92. The van der Waals surface area contributed by atoms with Crippen molar-refractivity contribution in [1.82, 2.24) is 5.32 Å². The lowest BCUT2D eigenvalue weighted by Crippen LogP contribution is -2.36. The standard InChI is InChI=1S/C14H19F2N3O2/c1-8(12(17)20)9(2)18-13(21)19-11-6-4-5-10(7-11)14(3,15)16/h4-7,13,18-19,21H,1-3H3,(H2,17,20)/b9-8-. The van der Waals surface area contributed by atoms with Crippen molar-refractivity contribution >= 4 is 11.6 Å². The van der Waals surface area contributed by atoms with Crippen LogP contribution in [0, 0.1) is 0 Å². The van der Waals surface area contributed by atoms with Gasteiger partial charge in [-0.1, -0.05) is 12.1 Å². The largest absolute Gasteiger partial charge is 0.366 e. The minimum Gasteiger partial charge on any atom is -0.366 e. The Balaban J connectivity index is 2.78. The zero-order valence-electron chi connectivity index (χ0n) is 12.1. The molecule has 5 nitrogen and oxygen atoms in total. The number of aliphatic hydroxyl groups is 1. The molecule has 1 aromatic rings. The molecule has 0 saturated carbocycles. The lowest BCUT2D eigenvalue weighted by molar-refractivity contribution is -0.114. The van der Waals surface area contributed by atoms with Crippen LogP contribution in [0.3, 0.4) is 0 Å². The van der Waals surface area contributed by atoms with Crippen LogP contribution in [0.15, 0.2) is 35.5 Å². The van der Waals surface area contributed by atoms with E-state index in [4.69, 9.17) is 5.73 Å². The van der Waals surface area contributed by atoms with Gasteiger partial charge >= 0.3 is 0 Å². The number of anilines is 1. The molecule has 1 unspecified atom stereocenters. The molecule has 0 bridgehead atoms. The average Bonchev–Trinajstić information content (AvgIpc) is 2.36. The van der Waals surface area contributed by atoms with Gasteiger partial charge in [0.2, 0.25) is 12.3 Å². The highest BCUT2D eigenvalue weighted by atomic mass is 19.3. The van der Waals surface area contributed by atoms with E-state index in [1.165, 1.54) is 25.1 Å². The van der Waals surface area contributed by atoms with Crippen molar-refractivity contribution in [2.45, 2.75) is 33.0 Å². The Bertz CT molecular complexity index is 553. The van der Waals surface area contributed by atoms with Crippen LogP contribution in [-0.2, 0) is 10.7 Å². The van der Waals surface area contributed by atoms with Crippen LogP contribution in [-0.4, -0.2) is 17.4 Å². The molecule has 21 heavy (non-hydrogen) atoms. The van der Waals surface area contributed by atoms with Gasteiger partial charge in [-0.2, -0.15) is 0 Å². The number of hydrogen-bond donors (Lipinski definition) is 4. The number of allylic oxidation sites excluding steroid dienone is 1. The van der Waals surface area contributed by atoms with Crippen LogP contribution in [0.25, 0.3) is 0 Å². The summed E-state index contributed by atoms with van der Waals surface area (Å²) in [4.78, 5) is 11.0. The summed E-state index contributed by atoms with van der Waals surface area (Å²) < 4.78 is 26.4. The molecule has 0 heterocycles. The Hall–Kier alpha value is -2.15. The van der Waals surface area contributed by atoms with Crippen molar-refractivity contribution in [1.29, 1.82) is 0 Å². The maximum Gasteiger partial charge on any atom is 0.270 e. The van der Waals surface area contributed by atoms with E-state index in [1.807, 2.05) is 0 Å². The Morgan fingerprint density at radius 1 is 1.38 bits per heavy atom. The molecule has 0 aromatic heterocycles. The average molecular weight is 299 g/mol. The third-order valence-electron chi connectivity index (χ3n) is 2.96. The van der Waals surface area contributed by atoms with Crippen LogP contribution < -0.4 is 16.4 Å². The second-order valence-electron chi connectivity index (χ2n) is 4.77. The molecule has 5 N–H and O–H groups in total. The molecule has 0 aliphatic heterocycles. The van der Waals surface area contributed by atoms with Crippen molar-refractivity contribution in [3.8, 4) is 0 Å². The number of carbonyl (C=O) groups is 1. The van der Waals surface area contributed by atoms with Gasteiger partial charge in [-0.05, 0) is 26.0 Å². The predicted molar refractivity (Wildman–Crippen MR) is 76.3 cm³/mol. The number of nitrogens with one attached hydrogen (secondary N) is 2. The molecule has 0 aliphatic rings.